The van der Waals surface area contributed by atoms with Crippen LogP contribution in [0.15, 0.2) is 18.2 Å². The number of hydrogen-bond donors (Lipinski definition) is 0. The van der Waals surface area contributed by atoms with Gasteiger partial charge in [0.25, 0.3) is 0 Å². The Morgan fingerprint density at radius 1 is 1.35 bits per heavy atom. The van der Waals surface area contributed by atoms with Crippen LogP contribution < -0.4 is 4.90 Å². The molecular weight excluding hydrogens is 254 g/mol. The molecule has 2 heterocycles. The van der Waals surface area contributed by atoms with E-state index < -0.39 is 0 Å². The maximum absolute atomic E-state index is 6.07. The minimum Gasteiger partial charge on any atom is -0.323 e. The molecule has 0 saturated carbocycles. The molecule has 0 saturated heterocycles. The molecule has 5 heteroatoms. The van der Waals surface area contributed by atoms with Crippen LogP contribution >= 0.6 is 23.3 Å². The topological polar surface area (TPSA) is 29.0 Å². The molecule has 1 aromatic carbocycles. The normalized spacial score (nSPS) is 14.8. The Kier molecular flexibility index (Phi) is 2.76. The van der Waals surface area contributed by atoms with Crippen LogP contribution in [0.3, 0.4) is 0 Å². The second kappa shape index (κ2) is 4.27. The molecule has 1 aliphatic heterocycles. The van der Waals surface area contributed by atoms with E-state index in [1.54, 1.807) is 0 Å². The number of nitrogens with zero attached hydrogens (tertiary/aromatic N) is 3. The molecule has 0 aliphatic carbocycles. The van der Waals surface area contributed by atoms with Gasteiger partial charge in [-0.3, -0.25) is 0 Å². The van der Waals surface area contributed by atoms with Gasteiger partial charge in [-0.25, -0.2) is 0 Å². The van der Waals surface area contributed by atoms with Crippen LogP contribution in [0, 0.1) is 6.92 Å². The number of halogens is 1. The van der Waals surface area contributed by atoms with Crippen LogP contribution in [0.25, 0.3) is 0 Å². The monoisotopic (exact) mass is 265 g/mol. The first-order valence-corrected chi connectivity index (χ1v) is 6.71. The van der Waals surface area contributed by atoms with E-state index in [0.29, 0.717) is 5.15 Å². The average molecular weight is 266 g/mol. The van der Waals surface area contributed by atoms with Crippen LogP contribution in [0.5, 0.6) is 0 Å². The predicted molar refractivity (Wildman–Crippen MR) is 71.4 cm³/mol. The Morgan fingerprint density at radius 2 is 2.24 bits per heavy atom. The summed E-state index contributed by atoms with van der Waals surface area (Å²) in [4.78, 5) is 2.17. The fourth-order valence-electron chi connectivity index (χ4n) is 2.28. The van der Waals surface area contributed by atoms with Crippen LogP contribution in [0.4, 0.5) is 11.5 Å². The van der Waals surface area contributed by atoms with Crippen molar-refractivity contribution in [3.63, 3.8) is 0 Å². The van der Waals surface area contributed by atoms with E-state index in [-0.39, 0.29) is 0 Å². The van der Waals surface area contributed by atoms with Crippen molar-refractivity contribution in [2.75, 3.05) is 11.4 Å². The summed E-state index contributed by atoms with van der Waals surface area (Å²) in [5, 5.41) is 0.503. The number of hydrogen-bond acceptors (Lipinski definition) is 4. The molecule has 0 unspecified atom stereocenters. The zero-order valence-corrected chi connectivity index (χ0v) is 11.1. The summed E-state index contributed by atoms with van der Waals surface area (Å²) in [6, 6.07) is 6.53. The minimum atomic E-state index is 0.503. The fourth-order valence-corrected chi connectivity index (χ4v) is 3.02. The lowest BCUT2D eigenvalue weighted by Crippen LogP contribution is -2.25. The number of fused-ring (bicyclic) bond motifs is 1. The maximum atomic E-state index is 6.07. The van der Waals surface area contributed by atoms with E-state index in [2.05, 4.69) is 38.8 Å². The first kappa shape index (κ1) is 11.0. The Balaban J connectivity index is 2.08. The molecule has 0 atom stereocenters. The van der Waals surface area contributed by atoms with Gasteiger partial charge < -0.3 is 4.90 Å². The van der Waals surface area contributed by atoms with E-state index in [0.717, 1.165) is 36.9 Å². The Labute approximate surface area is 109 Å². The molecule has 0 radical (unpaired) electrons. The van der Waals surface area contributed by atoms with Gasteiger partial charge in [-0.1, -0.05) is 29.3 Å². The van der Waals surface area contributed by atoms with Crippen molar-refractivity contribution in [2.24, 2.45) is 0 Å². The molecular formula is C12H12ClN3S. The zero-order valence-electron chi connectivity index (χ0n) is 9.48. The SMILES string of the molecule is Cc1ccc2c(c1)CCCN2c1nsnc1Cl. The van der Waals surface area contributed by atoms with Gasteiger partial charge in [0.1, 0.15) is 0 Å². The molecule has 3 nitrogen and oxygen atoms in total. The third-order valence-corrected chi connectivity index (χ3v) is 3.91. The molecule has 0 amide bonds. The molecule has 88 valence electrons. The third kappa shape index (κ3) is 1.91. The highest BCUT2D eigenvalue weighted by Crippen LogP contribution is 2.36. The molecule has 1 aliphatic rings. The number of anilines is 2. The van der Waals surface area contributed by atoms with Crippen molar-refractivity contribution in [1.29, 1.82) is 0 Å². The summed E-state index contributed by atoms with van der Waals surface area (Å²) < 4.78 is 8.32. The summed E-state index contributed by atoms with van der Waals surface area (Å²) in [5.74, 6) is 0.793. The van der Waals surface area contributed by atoms with Crippen LogP contribution in [-0.2, 0) is 6.42 Å². The van der Waals surface area contributed by atoms with Crippen LogP contribution in [0.2, 0.25) is 5.15 Å². The van der Waals surface area contributed by atoms with Crippen molar-refractivity contribution in [3.05, 3.63) is 34.5 Å². The molecule has 3 rings (SSSR count). The van der Waals surface area contributed by atoms with E-state index in [4.69, 9.17) is 11.6 Å². The van der Waals surface area contributed by atoms with E-state index in [9.17, 15) is 0 Å². The summed E-state index contributed by atoms with van der Waals surface area (Å²) in [6.07, 6.45) is 2.26. The molecule has 2 aromatic rings. The van der Waals surface area contributed by atoms with Gasteiger partial charge in [-0.05, 0) is 31.4 Å². The van der Waals surface area contributed by atoms with Gasteiger partial charge >= 0.3 is 0 Å². The molecule has 0 spiro atoms. The largest absolute Gasteiger partial charge is 0.323 e. The van der Waals surface area contributed by atoms with Crippen molar-refractivity contribution >= 4 is 34.8 Å². The molecule has 1 aromatic heterocycles. The van der Waals surface area contributed by atoms with Gasteiger partial charge in [0.15, 0.2) is 11.0 Å². The first-order valence-electron chi connectivity index (χ1n) is 5.61. The highest BCUT2D eigenvalue weighted by molar-refractivity contribution is 6.99. The van der Waals surface area contributed by atoms with Gasteiger partial charge in [-0.15, -0.1) is 0 Å². The molecule has 0 bridgehead atoms. The second-order valence-electron chi connectivity index (χ2n) is 4.27. The van der Waals surface area contributed by atoms with Crippen molar-refractivity contribution < 1.29 is 0 Å². The number of rotatable bonds is 1. The lowest BCUT2D eigenvalue weighted by atomic mass is 10.00. The van der Waals surface area contributed by atoms with Crippen LogP contribution in [-0.4, -0.2) is 15.3 Å². The van der Waals surface area contributed by atoms with E-state index in [1.165, 1.54) is 16.8 Å². The van der Waals surface area contributed by atoms with Gasteiger partial charge in [0, 0.05) is 12.2 Å². The lowest BCUT2D eigenvalue weighted by molar-refractivity contribution is 0.761. The van der Waals surface area contributed by atoms with Crippen molar-refractivity contribution in [2.45, 2.75) is 19.8 Å². The Bertz CT molecular complexity index is 552. The number of benzene rings is 1. The highest BCUT2D eigenvalue weighted by atomic mass is 35.5. The quantitative estimate of drug-likeness (QED) is 0.789. The number of aryl methyl sites for hydroxylation is 2. The first-order chi connectivity index (χ1) is 8.25. The summed E-state index contributed by atoms with van der Waals surface area (Å²) in [7, 11) is 0. The highest BCUT2D eigenvalue weighted by Gasteiger charge is 2.22. The molecule has 0 N–H and O–H groups in total. The van der Waals surface area contributed by atoms with Crippen LogP contribution in [0.1, 0.15) is 17.5 Å². The van der Waals surface area contributed by atoms with Gasteiger partial charge in [0.2, 0.25) is 0 Å². The molecule has 17 heavy (non-hydrogen) atoms. The van der Waals surface area contributed by atoms with E-state index in [1.807, 2.05) is 0 Å². The Morgan fingerprint density at radius 3 is 3.00 bits per heavy atom. The second-order valence-corrected chi connectivity index (χ2v) is 5.15. The number of aromatic nitrogens is 2. The average Bonchev–Trinajstić information content (AvgIpc) is 2.74. The van der Waals surface area contributed by atoms with E-state index >= 15 is 0 Å². The van der Waals surface area contributed by atoms with Gasteiger partial charge in [-0.2, -0.15) is 8.75 Å². The maximum Gasteiger partial charge on any atom is 0.187 e. The lowest BCUT2D eigenvalue weighted by Gasteiger charge is -2.29. The van der Waals surface area contributed by atoms with Crippen molar-refractivity contribution in [1.82, 2.24) is 8.75 Å². The molecule has 0 fully saturated rings. The van der Waals surface area contributed by atoms with Crippen molar-refractivity contribution in [3.8, 4) is 0 Å². The summed E-state index contributed by atoms with van der Waals surface area (Å²) in [5.41, 5.74) is 3.89. The summed E-state index contributed by atoms with van der Waals surface area (Å²) >= 11 is 7.23. The smallest absolute Gasteiger partial charge is 0.187 e. The predicted octanol–water partition coefficient (Wildman–Crippen LogP) is 3.58. The summed E-state index contributed by atoms with van der Waals surface area (Å²) in [6.45, 7) is 3.08. The minimum absolute atomic E-state index is 0.503. The standard InChI is InChI=1S/C12H12ClN3S/c1-8-4-5-10-9(7-8)3-2-6-16(10)12-11(13)14-17-15-12/h4-5,7H,2-3,6H2,1H3. The Hall–Kier alpha value is -1.13. The fraction of sp³-hybridized carbons (Fsp3) is 0.333. The third-order valence-electron chi connectivity index (χ3n) is 3.04. The van der Waals surface area contributed by atoms with Gasteiger partial charge in [0.05, 0.1) is 11.7 Å². The zero-order chi connectivity index (χ0) is 11.8.